The predicted octanol–water partition coefficient (Wildman–Crippen LogP) is 0.0224. The summed E-state index contributed by atoms with van der Waals surface area (Å²) in [5, 5.41) is 2.36. The van der Waals surface area contributed by atoms with Gasteiger partial charge >= 0.3 is 11.9 Å². The molecule has 0 bridgehead atoms. The summed E-state index contributed by atoms with van der Waals surface area (Å²) >= 11 is 0. The number of hydrazine groups is 1. The van der Waals surface area contributed by atoms with Crippen LogP contribution in [0.25, 0.3) is 0 Å². The maximum atomic E-state index is 12.0. The first-order valence-electron chi connectivity index (χ1n) is 7.70. The lowest BCUT2D eigenvalue weighted by atomic mass is 10.2. The van der Waals surface area contributed by atoms with Crippen LogP contribution in [0.4, 0.5) is 0 Å². The van der Waals surface area contributed by atoms with Crippen molar-refractivity contribution in [1.29, 1.82) is 0 Å². The van der Waals surface area contributed by atoms with E-state index in [0.717, 1.165) is 0 Å². The van der Waals surface area contributed by atoms with Crippen LogP contribution >= 0.6 is 0 Å². The van der Waals surface area contributed by atoms with E-state index in [1.165, 1.54) is 31.6 Å². The van der Waals surface area contributed by atoms with Gasteiger partial charge in [-0.2, -0.15) is 0 Å². The van der Waals surface area contributed by atoms with Gasteiger partial charge in [-0.15, -0.1) is 0 Å². The van der Waals surface area contributed by atoms with Crippen LogP contribution in [0.5, 0.6) is 5.75 Å². The maximum Gasteiger partial charge on any atom is 0.325 e. The minimum Gasteiger partial charge on any atom is -0.496 e. The average Bonchev–Trinajstić information content (AvgIpc) is 3.23. The van der Waals surface area contributed by atoms with Crippen molar-refractivity contribution in [3.05, 3.63) is 54.0 Å². The van der Waals surface area contributed by atoms with E-state index in [1.807, 2.05) is 0 Å². The normalized spacial score (nSPS) is 9.81. The van der Waals surface area contributed by atoms with Gasteiger partial charge in [0.15, 0.2) is 12.4 Å². The molecule has 142 valence electrons. The van der Waals surface area contributed by atoms with Crippen molar-refractivity contribution < 1.29 is 33.1 Å². The average molecular weight is 375 g/mol. The first-order chi connectivity index (χ1) is 13.0. The van der Waals surface area contributed by atoms with E-state index in [-0.39, 0.29) is 11.3 Å². The minimum atomic E-state index is -0.828. The van der Waals surface area contributed by atoms with E-state index < -0.39 is 36.8 Å². The Morgan fingerprint density at radius 3 is 2.48 bits per heavy atom. The minimum absolute atomic E-state index is 0.00588. The quantitative estimate of drug-likeness (QED) is 0.458. The van der Waals surface area contributed by atoms with Gasteiger partial charge in [0.1, 0.15) is 12.3 Å². The Hall–Kier alpha value is -3.82. The van der Waals surface area contributed by atoms with Crippen molar-refractivity contribution in [2.24, 2.45) is 0 Å². The summed E-state index contributed by atoms with van der Waals surface area (Å²) in [5.41, 5.74) is 4.39. The lowest BCUT2D eigenvalue weighted by Gasteiger charge is -2.09. The molecule has 1 aromatic heterocycles. The Balaban J connectivity index is 1.69. The summed E-state index contributed by atoms with van der Waals surface area (Å²) in [6.45, 7) is -1.08. The number of hydrogen-bond acceptors (Lipinski definition) is 7. The van der Waals surface area contributed by atoms with Gasteiger partial charge in [-0.25, -0.2) is 0 Å². The molecule has 3 N–H and O–H groups in total. The highest BCUT2D eigenvalue weighted by atomic mass is 16.5. The molecular weight excluding hydrogens is 358 g/mol. The number of nitrogens with one attached hydrogen (secondary N) is 3. The highest BCUT2D eigenvalue weighted by Gasteiger charge is 2.14. The zero-order chi connectivity index (χ0) is 19.6. The number of methoxy groups -OCH3 is 1. The van der Waals surface area contributed by atoms with Gasteiger partial charge in [-0.3, -0.25) is 30.0 Å². The molecule has 0 unspecified atom stereocenters. The number of rotatable bonds is 7. The first-order valence-corrected chi connectivity index (χ1v) is 7.70. The molecule has 10 heteroatoms. The van der Waals surface area contributed by atoms with Gasteiger partial charge in [-0.1, -0.05) is 12.1 Å². The first kappa shape index (κ1) is 19.5. The topological polar surface area (TPSA) is 136 Å². The van der Waals surface area contributed by atoms with Gasteiger partial charge in [0.25, 0.3) is 11.8 Å². The van der Waals surface area contributed by atoms with Crippen molar-refractivity contribution in [3.63, 3.8) is 0 Å². The zero-order valence-corrected chi connectivity index (χ0v) is 14.3. The van der Waals surface area contributed by atoms with Crippen LogP contribution < -0.4 is 20.9 Å². The molecule has 2 rings (SSSR count). The number of para-hydroxylation sites is 1. The summed E-state index contributed by atoms with van der Waals surface area (Å²) in [6.07, 6.45) is 1.30. The SMILES string of the molecule is COc1ccccc1C(=O)NCC(=O)OCC(=O)NNC(=O)c1ccco1. The van der Waals surface area contributed by atoms with E-state index in [0.29, 0.717) is 5.75 Å². The van der Waals surface area contributed by atoms with Crippen molar-refractivity contribution in [2.45, 2.75) is 0 Å². The molecule has 0 atom stereocenters. The summed E-state index contributed by atoms with van der Waals surface area (Å²) in [6, 6.07) is 9.41. The van der Waals surface area contributed by atoms with Crippen LogP contribution in [0.2, 0.25) is 0 Å². The molecule has 0 aliphatic heterocycles. The molecule has 3 amide bonds. The monoisotopic (exact) mass is 375 g/mol. The second-order valence-corrected chi connectivity index (χ2v) is 5.02. The largest absolute Gasteiger partial charge is 0.496 e. The van der Waals surface area contributed by atoms with Crippen LogP contribution in [-0.2, 0) is 14.3 Å². The fraction of sp³-hybridized carbons (Fsp3) is 0.176. The Morgan fingerprint density at radius 1 is 1.00 bits per heavy atom. The van der Waals surface area contributed by atoms with Crippen molar-refractivity contribution in [2.75, 3.05) is 20.3 Å². The molecule has 0 spiro atoms. The Labute approximate surface area is 153 Å². The maximum absolute atomic E-state index is 12.0. The van der Waals surface area contributed by atoms with Crippen molar-refractivity contribution in [1.82, 2.24) is 16.2 Å². The molecule has 0 aliphatic carbocycles. The van der Waals surface area contributed by atoms with Crippen LogP contribution in [-0.4, -0.2) is 44.0 Å². The lowest BCUT2D eigenvalue weighted by molar-refractivity contribution is -0.147. The fourth-order valence-corrected chi connectivity index (χ4v) is 1.91. The summed E-state index contributed by atoms with van der Waals surface area (Å²) in [5.74, 6) is -2.42. The number of carbonyl (C=O) groups is 4. The van der Waals surface area contributed by atoms with E-state index >= 15 is 0 Å². The predicted molar refractivity (Wildman–Crippen MR) is 90.6 cm³/mol. The molecule has 0 aliphatic rings. The van der Waals surface area contributed by atoms with E-state index in [1.54, 1.807) is 18.2 Å². The summed E-state index contributed by atoms with van der Waals surface area (Å²) in [4.78, 5) is 46.7. The van der Waals surface area contributed by atoms with Crippen molar-refractivity contribution >= 4 is 23.7 Å². The smallest absolute Gasteiger partial charge is 0.325 e. The van der Waals surface area contributed by atoms with Crippen LogP contribution in [0.1, 0.15) is 20.9 Å². The number of ether oxygens (including phenoxy) is 2. The second kappa shape index (κ2) is 9.61. The number of benzene rings is 1. The molecular formula is C17H17N3O7. The Morgan fingerprint density at radius 2 is 1.78 bits per heavy atom. The second-order valence-electron chi connectivity index (χ2n) is 5.02. The highest BCUT2D eigenvalue weighted by molar-refractivity contribution is 5.98. The fourth-order valence-electron chi connectivity index (χ4n) is 1.91. The number of esters is 1. The molecule has 10 nitrogen and oxygen atoms in total. The van der Waals surface area contributed by atoms with Gasteiger partial charge in [0.05, 0.1) is 18.9 Å². The number of furan rings is 1. The molecule has 0 radical (unpaired) electrons. The molecule has 0 fully saturated rings. The third kappa shape index (κ3) is 5.88. The molecule has 1 aromatic carbocycles. The summed E-state index contributed by atoms with van der Waals surface area (Å²) in [7, 11) is 1.42. The molecule has 1 heterocycles. The Bertz CT molecular complexity index is 818. The van der Waals surface area contributed by atoms with E-state index in [4.69, 9.17) is 13.9 Å². The molecule has 0 saturated heterocycles. The van der Waals surface area contributed by atoms with Crippen molar-refractivity contribution in [3.8, 4) is 5.75 Å². The van der Waals surface area contributed by atoms with Crippen LogP contribution in [0.3, 0.4) is 0 Å². The summed E-state index contributed by atoms with van der Waals surface area (Å²) < 4.78 is 14.6. The third-order valence-electron chi connectivity index (χ3n) is 3.17. The number of hydrogen-bond donors (Lipinski definition) is 3. The van der Waals surface area contributed by atoms with E-state index in [2.05, 4.69) is 16.2 Å². The van der Waals surface area contributed by atoms with E-state index in [9.17, 15) is 19.2 Å². The van der Waals surface area contributed by atoms with Gasteiger partial charge in [0, 0.05) is 0 Å². The number of amides is 3. The van der Waals surface area contributed by atoms with Gasteiger partial charge < -0.3 is 19.2 Å². The van der Waals surface area contributed by atoms with Crippen LogP contribution in [0, 0.1) is 0 Å². The van der Waals surface area contributed by atoms with Gasteiger partial charge in [0.2, 0.25) is 0 Å². The molecule has 2 aromatic rings. The standard InChI is InChI=1S/C17H17N3O7/c1-25-12-6-3-2-5-11(12)16(23)18-9-15(22)27-10-14(21)19-20-17(24)13-7-4-8-26-13/h2-8H,9-10H2,1H3,(H,18,23)(H,19,21)(H,20,24). The molecule has 0 saturated carbocycles. The number of carbonyl (C=O) groups excluding carboxylic acids is 4. The lowest BCUT2D eigenvalue weighted by Crippen LogP contribution is -2.44. The highest BCUT2D eigenvalue weighted by Crippen LogP contribution is 2.16. The van der Waals surface area contributed by atoms with Crippen LogP contribution in [0.15, 0.2) is 47.1 Å². The van der Waals surface area contributed by atoms with Gasteiger partial charge in [-0.05, 0) is 24.3 Å². The molecule has 27 heavy (non-hydrogen) atoms. The Kier molecular flexibility index (Phi) is 6.94. The third-order valence-corrected chi connectivity index (χ3v) is 3.17. The zero-order valence-electron chi connectivity index (χ0n) is 14.3.